The molecule has 1 aromatic carbocycles. The van der Waals surface area contributed by atoms with E-state index in [4.69, 9.17) is 14.0 Å². The summed E-state index contributed by atoms with van der Waals surface area (Å²) in [5.41, 5.74) is 1.33. The lowest BCUT2D eigenvalue weighted by Crippen LogP contribution is -2.51. The average Bonchev–Trinajstić information content (AvgIpc) is 3.34. The summed E-state index contributed by atoms with van der Waals surface area (Å²) < 4.78 is 18.0. The molecule has 4 heterocycles. The van der Waals surface area contributed by atoms with Crippen LogP contribution in [-0.4, -0.2) is 60.8 Å². The number of fused-ring (bicyclic) bond motifs is 2. The Kier molecular flexibility index (Phi) is 5.00. The van der Waals surface area contributed by atoms with Gasteiger partial charge in [0.25, 0.3) is 5.91 Å². The molecule has 0 unspecified atom stereocenters. The Labute approximate surface area is 190 Å². The van der Waals surface area contributed by atoms with Crippen LogP contribution in [0.3, 0.4) is 0 Å². The monoisotopic (exact) mass is 440 g/mol. The van der Waals surface area contributed by atoms with Crippen LogP contribution in [0.25, 0.3) is 0 Å². The van der Waals surface area contributed by atoms with E-state index in [9.17, 15) is 9.59 Å². The van der Waals surface area contributed by atoms with E-state index >= 15 is 0 Å². The quantitative estimate of drug-likeness (QED) is 0.714. The maximum Gasteiger partial charge on any atom is 0.494 e. The number of benzene rings is 1. The topological polar surface area (TPSA) is 77.1 Å². The standard InChI is InChI=1S/C24H33BN2O5/c1-15-8-13-30-19(15)20(28)27-11-9-24(10-12-27)17-7-6-16(14-18(17)26-21(24)29)25-31-22(2,3)23(4,5)32-25/h6-7,14-15,19H,8-13H2,1-5H3,(H,26,29)/t15-,19+/m1/s1. The zero-order chi connectivity index (χ0) is 22.9. The van der Waals surface area contributed by atoms with Gasteiger partial charge in [-0.05, 0) is 70.0 Å². The molecule has 3 saturated heterocycles. The van der Waals surface area contributed by atoms with Crippen molar-refractivity contribution in [2.45, 2.75) is 76.6 Å². The molecule has 2 atom stereocenters. The number of piperidine rings is 1. The fourth-order valence-corrected chi connectivity index (χ4v) is 5.37. The number of carbonyl (C=O) groups excluding carboxylic acids is 2. The van der Waals surface area contributed by atoms with Gasteiger partial charge < -0.3 is 24.3 Å². The molecule has 0 bridgehead atoms. The van der Waals surface area contributed by atoms with E-state index < -0.39 is 23.7 Å². The summed E-state index contributed by atoms with van der Waals surface area (Å²) in [5.74, 6) is 0.345. The van der Waals surface area contributed by atoms with Crippen LogP contribution in [0.4, 0.5) is 5.69 Å². The zero-order valence-electron chi connectivity index (χ0n) is 19.7. The minimum atomic E-state index is -0.581. The first-order chi connectivity index (χ1) is 15.0. The van der Waals surface area contributed by atoms with Crippen molar-refractivity contribution in [3.8, 4) is 0 Å². The minimum absolute atomic E-state index is 0.0242. The highest BCUT2D eigenvalue weighted by molar-refractivity contribution is 6.62. The number of nitrogens with one attached hydrogen (secondary N) is 1. The molecule has 172 valence electrons. The van der Waals surface area contributed by atoms with Gasteiger partial charge in [0.1, 0.15) is 6.10 Å². The maximum atomic E-state index is 13.1. The zero-order valence-corrected chi connectivity index (χ0v) is 19.7. The minimum Gasteiger partial charge on any atom is -0.399 e. The maximum absolute atomic E-state index is 13.1. The number of likely N-dealkylation sites (tertiary alicyclic amines) is 1. The van der Waals surface area contributed by atoms with E-state index in [1.807, 2.05) is 50.8 Å². The summed E-state index contributed by atoms with van der Waals surface area (Å²) in [5, 5.41) is 3.09. The second-order valence-electron chi connectivity index (χ2n) is 10.8. The van der Waals surface area contributed by atoms with E-state index in [-0.39, 0.29) is 23.8 Å². The molecule has 5 rings (SSSR count). The van der Waals surface area contributed by atoms with Crippen LogP contribution in [0.1, 0.15) is 59.4 Å². The van der Waals surface area contributed by atoms with Crippen molar-refractivity contribution >= 4 is 30.1 Å². The lowest BCUT2D eigenvalue weighted by Gasteiger charge is -2.39. The molecule has 2 amide bonds. The van der Waals surface area contributed by atoms with Crippen molar-refractivity contribution < 1.29 is 23.6 Å². The Balaban J connectivity index is 1.33. The summed E-state index contributed by atoms with van der Waals surface area (Å²) in [4.78, 5) is 27.9. The summed E-state index contributed by atoms with van der Waals surface area (Å²) >= 11 is 0. The highest BCUT2D eigenvalue weighted by Gasteiger charge is 2.53. The first-order valence-corrected chi connectivity index (χ1v) is 11.8. The van der Waals surface area contributed by atoms with Crippen molar-refractivity contribution in [3.05, 3.63) is 23.8 Å². The van der Waals surface area contributed by atoms with Crippen LogP contribution < -0.4 is 10.8 Å². The van der Waals surface area contributed by atoms with Gasteiger partial charge in [-0.1, -0.05) is 19.1 Å². The molecule has 0 aliphatic carbocycles. The van der Waals surface area contributed by atoms with E-state index in [0.717, 1.165) is 23.1 Å². The number of hydrogen-bond acceptors (Lipinski definition) is 5. The molecule has 1 N–H and O–H groups in total. The highest BCUT2D eigenvalue weighted by Crippen LogP contribution is 2.45. The van der Waals surface area contributed by atoms with Crippen molar-refractivity contribution in [3.63, 3.8) is 0 Å². The lowest BCUT2D eigenvalue weighted by molar-refractivity contribution is -0.145. The Morgan fingerprint density at radius 1 is 1.12 bits per heavy atom. The molecule has 7 nitrogen and oxygen atoms in total. The summed E-state index contributed by atoms with van der Waals surface area (Å²) in [6, 6.07) is 6.03. The number of ether oxygens (including phenoxy) is 1. The molecule has 0 radical (unpaired) electrons. The molecule has 8 heteroatoms. The van der Waals surface area contributed by atoms with Crippen LogP contribution in [0, 0.1) is 5.92 Å². The number of anilines is 1. The van der Waals surface area contributed by atoms with E-state index in [1.165, 1.54) is 0 Å². The number of carbonyl (C=O) groups is 2. The summed E-state index contributed by atoms with van der Waals surface area (Å²) in [7, 11) is -0.466. The van der Waals surface area contributed by atoms with Crippen LogP contribution in [0.5, 0.6) is 0 Å². The SMILES string of the molecule is C[C@@H]1CCO[C@@H]1C(=O)N1CCC2(CC1)C(=O)Nc1cc(B3OC(C)(C)C(C)(C)O3)ccc12. The third-order valence-corrected chi connectivity index (χ3v) is 8.33. The van der Waals surface area contributed by atoms with Gasteiger partial charge >= 0.3 is 7.12 Å². The second-order valence-corrected chi connectivity index (χ2v) is 10.8. The Hall–Kier alpha value is -1.90. The van der Waals surface area contributed by atoms with Gasteiger partial charge in [0.2, 0.25) is 5.91 Å². The van der Waals surface area contributed by atoms with Crippen LogP contribution in [0.15, 0.2) is 18.2 Å². The van der Waals surface area contributed by atoms with Gasteiger partial charge in [0, 0.05) is 25.4 Å². The Bertz CT molecular complexity index is 938. The predicted molar refractivity (Wildman–Crippen MR) is 122 cm³/mol. The summed E-state index contributed by atoms with van der Waals surface area (Å²) in [6.45, 7) is 12.0. The number of rotatable bonds is 2. The van der Waals surface area contributed by atoms with Crippen LogP contribution in [-0.2, 0) is 29.0 Å². The van der Waals surface area contributed by atoms with E-state index in [1.54, 1.807) is 0 Å². The van der Waals surface area contributed by atoms with Gasteiger partial charge in [0.05, 0.1) is 16.6 Å². The van der Waals surface area contributed by atoms with Crippen molar-refractivity contribution in [2.24, 2.45) is 5.92 Å². The van der Waals surface area contributed by atoms with Crippen LogP contribution >= 0.6 is 0 Å². The lowest BCUT2D eigenvalue weighted by atomic mass is 9.71. The highest BCUT2D eigenvalue weighted by atomic mass is 16.7. The first kappa shape index (κ1) is 21.9. The van der Waals surface area contributed by atoms with Crippen molar-refractivity contribution in [1.82, 2.24) is 4.90 Å². The number of amides is 2. The molecule has 4 aliphatic heterocycles. The number of hydrogen-bond donors (Lipinski definition) is 1. The van der Waals surface area contributed by atoms with E-state index in [0.29, 0.717) is 32.5 Å². The predicted octanol–water partition coefficient (Wildman–Crippen LogP) is 2.22. The molecular formula is C24H33BN2O5. The summed E-state index contributed by atoms with van der Waals surface area (Å²) in [6.07, 6.45) is 1.83. The fraction of sp³-hybridized carbons (Fsp3) is 0.667. The number of nitrogens with zero attached hydrogens (tertiary/aromatic N) is 1. The smallest absolute Gasteiger partial charge is 0.399 e. The van der Waals surface area contributed by atoms with Crippen molar-refractivity contribution in [1.29, 1.82) is 0 Å². The molecule has 1 spiro atoms. The second kappa shape index (κ2) is 7.30. The third kappa shape index (κ3) is 3.22. The third-order valence-electron chi connectivity index (χ3n) is 8.33. The van der Waals surface area contributed by atoms with Gasteiger partial charge in [-0.3, -0.25) is 9.59 Å². The Morgan fingerprint density at radius 3 is 2.38 bits per heavy atom. The molecule has 0 aromatic heterocycles. The van der Waals surface area contributed by atoms with Gasteiger partial charge in [-0.25, -0.2) is 0 Å². The van der Waals surface area contributed by atoms with Gasteiger partial charge in [-0.2, -0.15) is 0 Å². The van der Waals surface area contributed by atoms with Crippen LogP contribution in [0.2, 0.25) is 0 Å². The molecule has 32 heavy (non-hydrogen) atoms. The molecule has 1 aromatic rings. The normalized spacial score (nSPS) is 30.0. The van der Waals surface area contributed by atoms with E-state index in [2.05, 4.69) is 12.2 Å². The van der Waals surface area contributed by atoms with Crippen molar-refractivity contribution in [2.75, 3.05) is 25.0 Å². The average molecular weight is 440 g/mol. The first-order valence-electron chi connectivity index (χ1n) is 11.8. The molecule has 4 aliphatic rings. The van der Waals surface area contributed by atoms with Gasteiger partial charge in [0.15, 0.2) is 0 Å². The molecular weight excluding hydrogens is 407 g/mol. The largest absolute Gasteiger partial charge is 0.494 e. The van der Waals surface area contributed by atoms with Gasteiger partial charge in [-0.15, -0.1) is 0 Å². The molecule has 0 saturated carbocycles. The Morgan fingerprint density at radius 2 is 1.78 bits per heavy atom. The molecule has 3 fully saturated rings. The fourth-order valence-electron chi connectivity index (χ4n) is 5.37.